The zero-order valence-electron chi connectivity index (χ0n) is 7.43. The lowest BCUT2D eigenvalue weighted by Gasteiger charge is -2.03. The lowest BCUT2D eigenvalue weighted by molar-refractivity contribution is -0.122. The predicted molar refractivity (Wildman–Crippen MR) is 53.1 cm³/mol. The second-order valence-corrected chi connectivity index (χ2v) is 4.10. The number of hydrogen-bond acceptors (Lipinski definition) is 2. The second-order valence-electron chi connectivity index (χ2n) is 2.95. The van der Waals surface area contributed by atoms with Crippen molar-refractivity contribution in [2.75, 3.05) is 11.5 Å². The number of Topliss-reactive ketones (excluding diaryl/α,β-unsaturated/α-hetero) is 1. The highest BCUT2D eigenvalue weighted by Crippen LogP contribution is 2.25. The van der Waals surface area contributed by atoms with Crippen molar-refractivity contribution in [1.82, 2.24) is 0 Å². The fourth-order valence-electron chi connectivity index (χ4n) is 1.30. The summed E-state index contributed by atoms with van der Waals surface area (Å²) in [4.78, 5) is 11.4. The molecule has 0 spiro atoms. The van der Waals surface area contributed by atoms with Crippen molar-refractivity contribution in [1.29, 1.82) is 0 Å². The van der Waals surface area contributed by atoms with E-state index in [9.17, 15) is 4.79 Å². The van der Waals surface area contributed by atoms with E-state index in [0.29, 0.717) is 18.1 Å². The SMILES string of the molecule is CC#CCCC(=O)C1CCSC1. The van der Waals surface area contributed by atoms with Crippen LogP contribution in [0.4, 0.5) is 0 Å². The van der Waals surface area contributed by atoms with Crippen molar-refractivity contribution < 1.29 is 4.79 Å². The van der Waals surface area contributed by atoms with Crippen molar-refractivity contribution in [2.24, 2.45) is 5.92 Å². The van der Waals surface area contributed by atoms with Gasteiger partial charge in [-0.05, 0) is 19.1 Å². The molecule has 0 N–H and O–H groups in total. The highest BCUT2D eigenvalue weighted by molar-refractivity contribution is 7.99. The molecule has 0 radical (unpaired) electrons. The van der Waals surface area contributed by atoms with Crippen LogP contribution in [-0.4, -0.2) is 17.3 Å². The van der Waals surface area contributed by atoms with E-state index in [1.807, 2.05) is 18.7 Å². The van der Waals surface area contributed by atoms with Gasteiger partial charge in [-0.2, -0.15) is 11.8 Å². The summed E-state index contributed by atoms with van der Waals surface area (Å²) < 4.78 is 0. The normalized spacial score (nSPS) is 21.6. The van der Waals surface area contributed by atoms with E-state index in [1.54, 1.807) is 0 Å². The van der Waals surface area contributed by atoms with Crippen LogP contribution in [0, 0.1) is 17.8 Å². The van der Waals surface area contributed by atoms with Gasteiger partial charge in [0.2, 0.25) is 0 Å². The average Bonchev–Trinajstić information content (AvgIpc) is 2.56. The molecule has 1 fully saturated rings. The zero-order valence-corrected chi connectivity index (χ0v) is 8.25. The molecule has 0 aliphatic carbocycles. The van der Waals surface area contributed by atoms with Crippen molar-refractivity contribution >= 4 is 17.5 Å². The van der Waals surface area contributed by atoms with Crippen LogP contribution in [0.3, 0.4) is 0 Å². The third-order valence-corrected chi connectivity index (χ3v) is 3.22. The highest BCUT2D eigenvalue weighted by Gasteiger charge is 2.21. The summed E-state index contributed by atoms with van der Waals surface area (Å²) >= 11 is 1.89. The summed E-state index contributed by atoms with van der Waals surface area (Å²) in [5, 5.41) is 0. The highest BCUT2D eigenvalue weighted by atomic mass is 32.2. The Morgan fingerprint density at radius 2 is 2.50 bits per heavy atom. The quantitative estimate of drug-likeness (QED) is 0.622. The summed E-state index contributed by atoms with van der Waals surface area (Å²) in [7, 11) is 0. The van der Waals surface area contributed by atoms with Gasteiger partial charge in [-0.3, -0.25) is 4.79 Å². The van der Waals surface area contributed by atoms with Gasteiger partial charge >= 0.3 is 0 Å². The Kier molecular flexibility index (Phi) is 4.24. The van der Waals surface area contributed by atoms with Crippen molar-refractivity contribution in [3.05, 3.63) is 0 Å². The fraction of sp³-hybridized carbons (Fsp3) is 0.700. The predicted octanol–water partition coefficient (Wildman–Crippen LogP) is 2.11. The topological polar surface area (TPSA) is 17.1 Å². The summed E-state index contributed by atoms with van der Waals surface area (Å²) in [5.74, 6) is 8.69. The summed E-state index contributed by atoms with van der Waals surface area (Å²) in [6.45, 7) is 1.82. The van der Waals surface area contributed by atoms with Crippen LogP contribution in [0.5, 0.6) is 0 Å². The molecule has 0 aromatic rings. The first-order chi connectivity index (χ1) is 5.84. The Morgan fingerprint density at radius 3 is 3.08 bits per heavy atom. The molecule has 0 bridgehead atoms. The summed E-state index contributed by atoms with van der Waals surface area (Å²) in [5.41, 5.74) is 0. The van der Waals surface area contributed by atoms with E-state index in [-0.39, 0.29) is 0 Å². The fourth-order valence-corrected chi connectivity index (χ4v) is 2.56. The first kappa shape index (κ1) is 9.67. The van der Waals surface area contributed by atoms with E-state index >= 15 is 0 Å². The molecule has 0 aromatic carbocycles. The van der Waals surface area contributed by atoms with Crippen LogP contribution in [0.15, 0.2) is 0 Å². The second kappa shape index (κ2) is 5.27. The summed E-state index contributed by atoms with van der Waals surface area (Å²) in [6.07, 6.45) is 2.49. The van der Waals surface area contributed by atoms with Crippen LogP contribution in [0.1, 0.15) is 26.2 Å². The molecule has 66 valence electrons. The number of carbonyl (C=O) groups excluding carboxylic acids is 1. The van der Waals surface area contributed by atoms with Crippen molar-refractivity contribution in [3.8, 4) is 11.8 Å². The molecule has 1 aliphatic rings. The maximum absolute atomic E-state index is 11.4. The van der Waals surface area contributed by atoms with Gasteiger partial charge < -0.3 is 0 Å². The van der Waals surface area contributed by atoms with Gasteiger partial charge in [-0.25, -0.2) is 0 Å². The van der Waals surface area contributed by atoms with E-state index in [2.05, 4.69) is 11.8 Å². The monoisotopic (exact) mass is 182 g/mol. The average molecular weight is 182 g/mol. The van der Waals surface area contributed by atoms with Gasteiger partial charge in [0.1, 0.15) is 5.78 Å². The molecule has 1 unspecified atom stereocenters. The largest absolute Gasteiger partial charge is 0.299 e. The molecule has 1 nitrogen and oxygen atoms in total. The molecule has 1 saturated heterocycles. The number of ketones is 1. The van der Waals surface area contributed by atoms with Gasteiger partial charge in [-0.15, -0.1) is 11.8 Å². The van der Waals surface area contributed by atoms with Gasteiger partial charge in [-0.1, -0.05) is 0 Å². The maximum atomic E-state index is 11.4. The minimum atomic E-state index is 0.341. The lowest BCUT2D eigenvalue weighted by atomic mass is 10.0. The molecule has 12 heavy (non-hydrogen) atoms. The van der Waals surface area contributed by atoms with E-state index in [0.717, 1.165) is 24.3 Å². The van der Waals surface area contributed by atoms with Crippen molar-refractivity contribution in [2.45, 2.75) is 26.2 Å². The smallest absolute Gasteiger partial charge is 0.137 e. The molecule has 1 atom stereocenters. The lowest BCUT2D eigenvalue weighted by Crippen LogP contribution is -2.12. The zero-order chi connectivity index (χ0) is 8.81. The molecule has 0 saturated carbocycles. The Hall–Kier alpha value is -0.420. The van der Waals surface area contributed by atoms with Gasteiger partial charge in [0.15, 0.2) is 0 Å². The van der Waals surface area contributed by atoms with Gasteiger partial charge in [0.05, 0.1) is 0 Å². The Morgan fingerprint density at radius 1 is 1.67 bits per heavy atom. The molecule has 0 aromatic heterocycles. The number of hydrogen-bond donors (Lipinski definition) is 0. The van der Waals surface area contributed by atoms with Gasteiger partial charge in [0.25, 0.3) is 0 Å². The van der Waals surface area contributed by atoms with E-state index in [4.69, 9.17) is 0 Å². The van der Waals surface area contributed by atoms with Crippen LogP contribution < -0.4 is 0 Å². The number of thioether (sulfide) groups is 1. The number of rotatable bonds is 3. The molecular weight excluding hydrogens is 168 g/mol. The minimum absolute atomic E-state index is 0.341. The summed E-state index contributed by atoms with van der Waals surface area (Å²) in [6, 6.07) is 0. The molecule has 2 heteroatoms. The van der Waals surface area contributed by atoms with Crippen LogP contribution in [0.2, 0.25) is 0 Å². The first-order valence-electron chi connectivity index (χ1n) is 4.34. The molecule has 0 amide bonds. The van der Waals surface area contributed by atoms with Crippen LogP contribution in [-0.2, 0) is 4.79 Å². The maximum Gasteiger partial charge on any atom is 0.137 e. The van der Waals surface area contributed by atoms with Gasteiger partial charge in [0, 0.05) is 24.5 Å². The molecule has 1 heterocycles. The Bertz CT molecular complexity index is 206. The third kappa shape index (κ3) is 2.91. The van der Waals surface area contributed by atoms with E-state index in [1.165, 1.54) is 0 Å². The molecule has 1 aliphatic heterocycles. The molecule has 1 rings (SSSR count). The number of carbonyl (C=O) groups is 1. The standard InChI is InChI=1S/C10H14OS/c1-2-3-4-5-10(11)9-6-7-12-8-9/h9H,4-8H2,1H3. The first-order valence-corrected chi connectivity index (χ1v) is 5.50. The Labute approximate surface area is 78.3 Å². The van der Waals surface area contributed by atoms with Crippen LogP contribution >= 0.6 is 11.8 Å². The Balaban J connectivity index is 2.21. The van der Waals surface area contributed by atoms with E-state index < -0.39 is 0 Å². The third-order valence-electron chi connectivity index (χ3n) is 2.06. The minimum Gasteiger partial charge on any atom is -0.299 e. The van der Waals surface area contributed by atoms with Crippen molar-refractivity contribution in [3.63, 3.8) is 0 Å². The van der Waals surface area contributed by atoms with Crippen LogP contribution in [0.25, 0.3) is 0 Å². The molecular formula is C10H14OS.